The van der Waals surface area contributed by atoms with E-state index >= 15 is 0 Å². The van der Waals surface area contributed by atoms with Crippen LogP contribution in [0.5, 0.6) is 0 Å². The number of hydrogen-bond donors (Lipinski definition) is 2. The van der Waals surface area contributed by atoms with E-state index < -0.39 is 0 Å². The lowest BCUT2D eigenvalue weighted by Gasteiger charge is -2.42. The number of rotatable bonds is 11. The average molecular weight is 625 g/mol. The fourth-order valence-electron chi connectivity index (χ4n) is 6.97. The van der Waals surface area contributed by atoms with Crippen LogP contribution in [0.2, 0.25) is 0 Å². The number of carbonyl (C=O) groups is 2. The Bertz CT molecular complexity index is 1810. The zero-order chi connectivity index (χ0) is 32.6. The van der Waals surface area contributed by atoms with E-state index in [1.165, 1.54) is 5.56 Å². The Kier molecular flexibility index (Phi) is 10.4. The summed E-state index contributed by atoms with van der Waals surface area (Å²) in [7, 11) is 0. The average Bonchev–Trinajstić information content (AvgIpc) is 3.12. The molecule has 240 valence electrons. The summed E-state index contributed by atoms with van der Waals surface area (Å²) < 4.78 is 0. The number of nitrogens with zero attached hydrogens (tertiary/aromatic N) is 2. The monoisotopic (exact) mass is 624 g/mol. The second kappa shape index (κ2) is 15.2. The van der Waals surface area contributed by atoms with Crippen molar-refractivity contribution in [3.05, 3.63) is 144 Å². The molecule has 0 bridgehead atoms. The van der Waals surface area contributed by atoms with Gasteiger partial charge in [-0.15, -0.1) is 0 Å². The smallest absolute Gasteiger partial charge is 0.251 e. The molecule has 0 saturated carbocycles. The zero-order valence-corrected chi connectivity index (χ0v) is 27.1. The van der Waals surface area contributed by atoms with Gasteiger partial charge in [0, 0.05) is 44.3 Å². The van der Waals surface area contributed by atoms with E-state index in [1.807, 2.05) is 54.6 Å². The summed E-state index contributed by atoms with van der Waals surface area (Å²) in [5, 5.41) is 5.18. The van der Waals surface area contributed by atoms with Gasteiger partial charge >= 0.3 is 0 Å². The summed E-state index contributed by atoms with van der Waals surface area (Å²) in [6.07, 6.45) is 2.18. The lowest BCUT2D eigenvalue weighted by molar-refractivity contribution is -0.136. The van der Waals surface area contributed by atoms with Crippen molar-refractivity contribution in [2.75, 3.05) is 26.2 Å². The fourth-order valence-corrected chi connectivity index (χ4v) is 6.97. The van der Waals surface area contributed by atoms with Crippen LogP contribution in [0, 0.1) is 0 Å². The van der Waals surface area contributed by atoms with Crippen molar-refractivity contribution < 1.29 is 9.59 Å². The van der Waals surface area contributed by atoms with Gasteiger partial charge in [-0.2, -0.15) is 0 Å². The molecule has 1 fully saturated rings. The fraction of sp³-hybridized carbons (Fsp3) is 0.268. The van der Waals surface area contributed by atoms with Crippen LogP contribution < -0.4 is 11.1 Å². The number of nitrogens with two attached hydrogens (primary N) is 1. The molecule has 1 heterocycles. The van der Waals surface area contributed by atoms with Gasteiger partial charge in [-0.05, 0) is 70.5 Å². The molecule has 1 atom stereocenters. The topological polar surface area (TPSA) is 78.7 Å². The van der Waals surface area contributed by atoms with Crippen LogP contribution in [0.3, 0.4) is 0 Å². The number of carbonyl (C=O) groups excluding carboxylic acids is 2. The van der Waals surface area contributed by atoms with Crippen molar-refractivity contribution in [1.29, 1.82) is 0 Å². The van der Waals surface area contributed by atoms with Gasteiger partial charge < -0.3 is 16.0 Å². The molecule has 1 aliphatic rings. The van der Waals surface area contributed by atoms with E-state index in [2.05, 4.69) is 88.8 Å². The summed E-state index contributed by atoms with van der Waals surface area (Å²) in [5.74, 6) is 0.000911. The van der Waals surface area contributed by atoms with Gasteiger partial charge in [-0.1, -0.05) is 109 Å². The Morgan fingerprint density at radius 2 is 1.55 bits per heavy atom. The summed E-state index contributed by atoms with van der Waals surface area (Å²) in [4.78, 5) is 32.1. The van der Waals surface area contributed by atoms with Crippen LogP contribution in [0.25, 0.3) is 21.9 Å². The first-order valence-electron chi connectivity index (χ1n) is 16.7. The number of hydrogen-bond acceptors (Lipinski definition) is 4. The molecule has 2 amide bonds. The second-order valence-corrected chi connectivity index (χ2v) is 12.5. The first-order valence-corrected chi connectivity index (χ1v) is 16.7. The molecule has 1 saturated heterocycles. The quantitative estimate of drug-likeness (QED) is 0.166. The van der Waals surface area contributed by atoms with E-state index in [4.69, 9.17) is 5.73 Å². The third-order valence-electron chi connectivity index (χ3n) is 9.41. The molecule has 5 aromatic carbocycles. The SMILES string of the molecule is CC(c1cccc(-c2ccccc2C(=O)NCCN)c1)N(C(=O)Cc1cccc2ccccc12)C1CCN(Cc2ccccc2)CC1. The Hall–Kier alpha value is -4.78. The van der Waals surface area contributed by atoms with Crippen molar-refractivity contribution in [3.63, 3.8) is 0 Å². The van der Waals surface area contributed by atoms with Crippen LogP contribution in [0.1, 0.15) is 52.9 Å². The van der Waals surface area contributed by atoms with Crippen LogP contribution in [-0.4, -0.2) is 53.8 Å². The molecule has 3 N–H and O–H groups in total. The Balaban J connectivity index is 1.29. The number of amides is 2. The molecule has 0 spiro atoms. The molecule has 6 heteroatoms. The number of piperidine rings is 1. The van der Waals surface area contributed by atoms with Gasteiger partial charge in [0.1, 0.15) is 0 Å². The Labute approximate surface area is 278 Å². The van der Waals surface area contributed by atoms with Crippen molar-refractivity contribution >= 4 is 22.6 Å². The summed E-state index contributed by atoms with van der Waals surface area (Å²) >= 11 is 0. The lowest BCUT2D eigenvalue weighted by Crippen LogP contribution is -2.48. The van der Waals surface area contributed by atoms with E-state index in [1.54, 1.807) is 0 Å². The van der Waals surface area contributed by atoms with Crippen LogP contribution in [0.15, 0.2) is 121 Å². The summed E-state index contributed by atoms with van der Waals surface area (Å²) in [6.45, 7) is 5.76. The number of nitrogens with one attached hydrogen (secondary N) is 1. The van der Waals surface area contributed by atoms with E-state index in [0.717, 1.165) is 65.5 Å². The first kappa shape index (κ1) is 32.2. The highest BCUT2D eigenvalue weighted by Gasteiger charge is 2.32. The third kappa shape index (κ3) is 7.62. The first-order chi connectivity index (χ1) is 23.0. The maximum Gasteiger partial charge on any atom is 0.251 e. The molecular formula is C41H44N4O2. The predicted molar refractivity (Wildman–Crippen MR) is 191 cm³/mol. The highest BCUT2D eigenvalue weighted by Crippen LogP contribution is 2.33. The van der Waals surface area contributed by atoms with Crippen molar-refractivity contribution in [2.45, 2.75) is 44.8 Å². The Morgan fingerprint density at radius 1 is 0.851 bits per heavy atom. The minimum atomic E-state index is -0.152. The van der Waals surface area contributed by atoms with Crippen LogP contribution in [-0.2, 0) is 17.8 Å². The maximum absolute atomic E-state index is 14.5. The third-order valence-corrected chi connectivity index (χ3v) is 9.41. The molecule has 1 aliphatic heterocycles. The van der Waals surface area contributed by atoms with E-state index in [0.29, 0.717) is 25.1 Å². The minimum Gasteiger partial charge on any atom is -0.351 e. The minimum absolute atomic E-state index is 0.123. The molecule has 1 unspecified atom stereocenters. The van der Waals surface area contributed by atoms with Crippen molar-refractivity contribution in [3.8, 4) is 11.1 Å². The van der Waals surface area contributed by atoms with Gasteiger partial charge in [0.2, 0.25) is 5.91 Å². The normalized spacial score (nSPS) is 14.5. The van der Waals surface area contributed by atoms with Gasteiger partial charge in [-0.25, -0.2) is 0 Å². The number of fused-ring (bicyclic) bond motifs is 1. The second-order valence-electron chi connectivity index (χ2n) is 12.5. The highest BCUT2D eigenvalue weighted by molar-refractivity contribution is 6.01. The zero-order valence-electron chi connectivity index (χ0n) is 27.1. The molecule has 47 heavy (non-hydrogen) atoms. The van der Waals surface area contributed by atoms with Gasteiger partial charge in [0.15, 0.2) is 0 Å². The molecule has 5 aromatic rings. The van der Waals surface area contributed by atoms with Crippen molar-refractivity contribution in [2.24, 2.45) is 5.73 Å². The molecular weight excluding hydrogens is 580 g/mol. The summed E-state index contributed by atoms with van der Waals surface area (Å²) in [6, 6.07) is 41.1. The van der Waals surface area contributed by atoms with E-state index in [-0.39, 0.29) is 23.9 Å². The number of benzene rings is 5. The van der Waals surface area contributed by atoms with Crippen LogP contribution >= 0.6 is 0 Å². The molecule has 6 nitrogen and oxygen atoms in total. The largest absolute Gasteiger partial charge is 0.351 e. The van der Waals surface area contributed by atoms with Gasteiger partial charge in [-0.3, -0.25) is 14.5 Å². The van der Waals surface area contributed by atoms with Gasteiger partial charge in [0.05, 0.1) is 12.5 Å². The van der Waals surface area contributed by atoms with Crippen molar-refractivity contribution in [1.82, 2.24) is 15.1 Å². The highest BCUT2D eigenvalue weighted by atomic mass is 16.2. The predicted octanol–water partition coefficient (Wildman–Crippen LogP) is 6.99. The molecule has 0 radical (unpaired) electrons. The standard InChI is InChI=1S/C41H44N4O2/c1-30(33-15-10-16-34(27-33)38-19-7-8-20-39(38)41(47)43-24-23-42)45(36-21-25-44(26-22-36)29-31-11-3-2-4-12-31)40(46)28-35-17-9-14-32-13-5-6-18-37(32)35/h2-20,27,30,36H,21-26,28-29,42H2,1H3,(H,43,47). The lowest BCUT2D eigenvalue weighted by atomic mass is 9.93. The van der Waals surface area contributed by atoms with E-state index in [9.17, 15) is 9.59 Å². The van der Waals surface area contributed by atoms with Crippen LogP contribution in [0.4, 0.5) is 0 Å². The maximum atomic E-state index is 14.5. The molecule has 0 aliphatic carbocycles. The van der Waals surface area contributed by atoms with Gasteiger partial charge in [0.25, 0.3) is 5.91 Å². The molecule has 6 rings (SSSR count). The molecule has 0 aromatic heterocycles. The number of likely N-dealkylation sites (tertiary alicyclic amines) is 1. The summed E-state index contributed by atoms with van der Waals surface area (Å²) in [5.41, 5.74) is 11.5. The Morgan fingerprint density at radius 3 is 2.36 bits per heavy atom.